The lowest BCUT2D eigenvalue weighted by Crippen LogP contribution is -2.16. The minimum absolute atomic E-state index is 0.0788. The molecule has 10 nitrogen and oxygen atoms in total. The zero-order valence-electron chi connectivity index (χ0n) is 10.1. The number of oxime groups is 1. The van der Waals surface area contributed by atoms with Crippen LogP contribution in [0.15, 0.2) is 41.8 Å². The van der Waals surface area contributed by atoms with Crippen LogP contribution in [0.4, 0.5) is 0 Å². The number of hydrogen-bond acceptors (Lipinski definition) is 7. The number of nitrogens with zero attached hydrogens (tertiary/aromatic N) is 8. The Morgan fingerprint density at radius 3 is 2.80 bits per heavy atom. The molecule has 3 N–H and O–H groups in total. The molecule has 10 heteroatoms. The van der Waals surface area contributed by atoms with Gasteiger partial charge < -0.3 is 10.9 Å². The van der Waals surface area contributed by atoms with Crippen molar-refractivity contribution >= 4 is 5.84 Å². The normalized spacial score (nSPS) is 11.7. The molecule has 0 spiro atoms. The van der Waals surface area contributed by atoms with Crippen LogP contribution in [0.1, 0.15) is 5.82 Å². The number of nitrogens with two attached hydrogens (primary N) is 1. The van der Waals surface area contributed by atoms with Crippen LogP contribution in [-0.4, -0.2) is 46.0 Å². The summed E-state index contributed by atoms with van der Waals surface area (Å²) in [6.45, 7) is 0. The summed E-state index contributed by atoms with van der Waals surface area (Å²) in [4.78, 5) is 3.90. The maximum atomic E-state index is 8.59. The minimum atomic E-state index is -0.192. The molecular weight excluding hydrogens is 262 g/mol. The van der Waals surface area contributed by atoms with Crippen molar-refractivity contribution < 1.29 is 5.21 Å². The first kappa shape index (κ1) is 11.8. The maximum absolute atomic E-state index is 8.59. The second-order valence-corrected chi connectivity index (χ2v) is 3.72. The molecule has 0 amide bonds. The Morgan fingerprint density at radius 1 is 1.25 bits per heavy atom. The summed E-state index contributed by atoms with van der Waals surface area (Å²) in [5.41, 5.74) is 6.18. The quantitative estimate of drug-likeness (QED) is 0.279. The Kier molecular flexibility index (Phi) is 2.80. The lowest BCUT2D eigenvalue weighted by molar-refractivity contribution is 0.318. The van der Waals surface area contributed by atoms with Crippen LogP contribution in [0.5, 0.6) is 0 Å². The SMILES string of the molecule is NC(=NO)c1ncn(-c2nnnn2-c2ccccc2)n1. The molecule has 0 radical (unpaired) electrons. The summed E-state index contributed by atoms with van der Waals surface area (Å²) in [7, 11) is 0. The molecule has 0 saturated carbocycles. The number of hydrogen-bond donors (Lipinski definition) is 2. The topological polar surface area (TPSA) is 133 Å². The predicted molar refractivity (Wildman–Crippen MR) is 66.6 cm³/mol. The lowest BCUT2D eigenvalue weighted by Gasteiger charge is -2.02. The van der Waals surface area contributed by atoms with Gasteiger partial charge >= 0.3 is 0 Å². The number of amidine groups is 1. The van der Waals surface area contributed by atoms with Crippen molar-refractivity contribution in [3.8, 4) is 11.6 Å². The van der Waals surface area contributed by atoms with Crippen molar-refractivity contribution in [2.75, 3.05) is 0 Å². The predicted octanol–water partition coefficient (Wildman–Crippen LogP) is -0.663. The number of aromatic nitrogens is 7. The molecular formula is C10H9N9O. The monoisotopic (exact) mass is 271 g/mol. The number of tetrazole rings is 1. The summed E-state index contributed by atoms with van der Waals surface area (Å²) in [6.07, 6.45) is 1.37. The Labute approximate surface area is 112 Å². The highest BCUT2D eigenvalue weighted by Crippen LogP contribution is 2.09. The average Bonchev–Trinajstić information content (AvgIpc) is 3.15. The summed E-state index contributed by atoms with van der Waals surface area (Å²) in [5.74, 6) is 0.221. The Morgan fingerprint density at radius 2 is 2.05 bits per heavy atom. The van der Waals surface area contributed by atoms with E-state index < -0.39 is 0 Å². The summed E-state index contributed by atoms with van der Waals surface area (Å²) >= 11 is 0. The van der Waals surface area contributed by atoms with Gasteiger partial charge in [0.2, 0.25) is 11.7 Å². The van der Waals surface area contributed by atoms with Crippen LogP contribution in [0.2, 0.25) is 0 Å². The van der Waals surface area contributed by atoms with Crippen molar-refractivity contribution in [1.29, 1.82) is 0 Å². The minimum Gasteiger partial charge on any atom is -0.409 e. The molecule has 1 aromatic carbocycles. The van der Waals surface area contributed by atoms with Crippen molar-refractivity contribution in [2.24, 2.45) is 10.9 Å². The highest BCUT2D eigenvalue weighted by atomic mass is 16.4. The first-order valence-corrected chi connectivity index (χ1v) is 5.53. The van der Waals surface area contributed by atoms with Crippen molar-refractivity contribution in [2.45, 2.75) is 0 Å². The second-order valence-electron chi connectivity index (χ2n) is 3.72. The first-order valence-electron chi connectivity index (χ1n) is 5.53. The van der Waals surface area contributed by atoms with Gasteiger partial charge in [0.05, 0.1) is 5.69 Å². The summed E-state index contributed by atoms with van der Waals surface area (Å²) in [6, 6.07) is 9.32. The Hall–Kier alpha value is -3.30. The third kappa shape index (κ3) is 1.94. The van der Waals surface area contributed by atoms with Crippen LogP contribution in [-0.2, 0) is 0 Å². The fraction of sp³-hybridized carbons (Fsp3) is 0. The highest BCUT2D eigenvalue weighted by Gasteiger charge is 2.13. The van der Waals surface area contributed by atoms with E-state index in [9.17, 15) is 0 Å². The zero-order valence-corrected chi connectivity index (χ0v) is 10.1. The van der Waals surface area contributed by atoms with E-state index in [1.54, 1.807) is 0 Å². The molecule has 0 aliphatic heterocycles. The van der Waals surface area contributed by atoms with Gasteiger partial charge in [-0.3, -0.25) is 0 Å². The van der Waals surface area contributed by atoms with Gasteiger partial charge in [-0.1, -0.05) is 28.5 Å². The van der Waals surface area contributed by atoms with Gasteiger partial charge in [-0.15, -0.1) is 5.10 Å². The molecule has 0 unspecified atom stereocenters. The van der Waals surface area contributed by atoms with Crippen molar-refractivity contribution in [3.63, 3.8) is 0 Å². The fourth-order valence-corrected chi connectivity index (χ4v) is 1.58. The van der Waals surface area contributed by atoms with Crippen LogP contribution < -0.4 is 5.73 Å². The van der Waals surface area contributed by atoms with Gasteiger partial charge in [0.1, 0.15) is 6.33 Å². The van der Waals surface area contributed by atoms with E-state index in [1.165, 1.54) is 15.7 Å². The molecule has 0 bridgehead atoms. The third-order valence-corrected chi connectivity index (χ3v) is 2.49. The molecule has 0 aliphatic carbocycles. The Balaban J connectivity index is 2.04. The van der Waals surface area contributed by atoms with Crippen molar-refractivity contribution in [3.05, 3.63) is 42.5 Å². The van der Waals surface area contributed by atoms with E-state index in [2.05, 4.69) is 30.8 Å². The lowest BCUT2D eigenvalue weighted by atomic mass is 10.3. The zero-order chi connectivity index (χ0) is 13.9. The second kappa shape index (κ2) is 4.76. The Bertz CT molecular complexity index is 745. The third-order valence-electron chi connectivity index (χ3n) is 2.49. The average molecular weight is 271 g/mol. The van der Waals surface area contributed by atoms with E-state index in [0.717, 1.165) is 5.69 Å². The molecule has 2 heterocycles. The first-order chi connectivity index (χ1) is 9.79. The van der Waals surface area contributed by atoms with Crippen molar-refractivity contribution in [1.82, 2.24) is 35.0 Å². The molecule has 0 atom stereocenters. The van der Waals surface area contributed by atoms with Crippen LogP contribution in [0.25, 0.3) is 11.6 Å². The maximum Gasteiger partial charge on any atom is 0.276 e. The number of para-hydroxylation sites is 1. The molecule has 3 rings (SSSR count). The number of rotatable bonds is 3. The van der Waals surface area contributed by atoms with E-state index in [4.69, 9.17) is 10.9 Å². The van der Waals surface area contributed by atoms with Crippen LogP contribution in [0.3, 0.4) is 0 Å². The molecule has 2 aromatic heterocycles. The van der Waals surface area contributed by atoms with Gasteiger partial charge in [0.25, 0.3) is 5.95 Å². The van der Waals surface area contributed by atoms with Gasteiger partial charge in [-0.25, -0.2) is 4.98 Å². The van der Waals surface area contributed by atoms with E-state index in [0.29, 0.717) is 5.95 Å². The summed E-state index contributed by atoms with van der Waals surface area (Å²) in [5, 5.41) is 26.8. The molecule has 0 saturated heterocycles. The van der Waals surface area contributed by atoms with Gasteiger partial charge in [0.15, 0.2) is 0 Å². The standard InChI is InChI=1S/C10H9N9O/c11-8(15-20)9-12-6-18(14-9)10-13-16-17-19(10)7-4-2-1-3-5-7/h1-6,20H,(H2,11,15). The van der Waals surface area contributed by atoms with Crippen LogP contribution >= 0.6 is 0 Å². The molecule has 100 valence electrons. The van der Waals surface area contributed by atoms with E-state index in [1.807, 2.05) is 30.3 Å². The van der Waals surface area contributed by atoms with Gasteiger partial charge in [-0.05, 0) is 22.6 Å². The largest absolute Gasteiger partial charge is 0.409 e. The molecule has 0 aliphatic rings. The molecule has 20 heavy (non-hydrogen) atoms. The van der Waals surface area contributed by atoms with E-state index >= 15 is 0 Å². The smallest absolute Gasteiger partial charge is 0.276 e. The van der Waals surface area contributed by atoms with Gasteiger partial charge in [0, 0.05) is 0 Å². The fourth-order valence-electron chi connectivity index (χ4n) is 1.58. The van der Waals surface area contributed by atoms with Gasteiger partial charge in [-0.2, -0.15) is 9.36 Å². The number of benzene rings is 1. The van der Waals surface area contributed by atoms with Crippen LogP contribution in [0, 0.1) is 0 Å². The highest BCUT2D eigenvalue weighted by molar-refractivity contribution is 5.93. The summed E-state index contributed by atoms with van der Waals surface area (Å²) < 4.78 is 2.82. The van der Waals surface area contributed by atoms with E-state index in [-0.39, 0.29) is 11.7 Å². The molecule has 3 aromatic rings. The molecule has 0 fully saturated rings.